The van der Waals surface area contributed by atoms with Gasteiger partial charge in [-0.3, -0.25) is 18.6 Å². The van der Waals surface area contributed by atoms with Crippen molar-refractivity contribution in [1.29, 1.82) is 0 Å². The fourth-order valence-electron chi connectivity index (χ4n) is 6.37. The highest BCUT2D eigenvalue weighted by atomic mass is 31.2. The normalized spacial score (nSPS) is 13.5. The number of esters is 2. The summed E-state index contributed by atoms with van der Waals surface area (Å²) in [6.45, 7) is 4.44. The summed E-state index contributed by atoms with van der Waals surface area (Å²) in [5.41, 5.74) is 0. The SMILES string of the molecule is CCCCCCCCCCCCCCCCCCCCCC(=O)O[C@H](COC(=O)CCCCCCCCCCCC)COP(=O)(O)OCC[N+](C)(C)C. The van der Waals surface area contributed by atoms with Gasteiger partial charge in [-0.25, -0.2) is 4.57 Å². The molecule has 1 N–H and O–H groups in total. The molecule has 2 atom stereocenters. The van der Waals surface area contributed by atoms with Gasteiger partial charge in [0.25, 0.3) is 0 Å². The molecule has 0 rings (SSSR count). The molecule has 0 bridgehead atoms. The molecular weight excluding hydrogens is 689 g/mol. The number of carbonyl (C=O) groups is 2. The van der Waals surface area contributed by atoms with Gasteiger partial charge in [-0.05, 0) is 12.8 Å². The van der Waals surface area contributed by atoms with E-state index >= 15 is 0 Å². The Hall–Kier alpha value is -0.990. The summed E-state index contributed by atoms with van der Waals surface area (Å²) >= 11 is 0. The van der Waals surface area contributed by atoms with Crippen LogP contribution in [0.3, 0.4) is 0 Å². The standard InChI is InChI=1S/C43H86NO8P/c1-6-8-10-12-14-16-18-19-20-21-22-23-24-25-26-28-30-32-34-36-43(46)52-41(40-51-53(47,48)50-38-37-44(3,4)5)39-49-42(45)35-33-31-29-27-17-15-13-11-9-7-2/h41H,6-40H2,1-5H3/p+1/t41-/m1/s1. The molecule has 0 aromatic heterocycles. The van der Waals surface area contributed by atoms with Crippen molar-refractivity contribution < 1.29 is 42.1 Å². The van der Waals surface area contributed by atoms with Crippen molar-refractivity contribution in [3.05, 3.63) is 0 Å². The summed E-state index contributed by atoms with van der Waals surface area (Å²) in [5, 5.41) is 0. The summed E-state index contributed by atoms with van der Waals surface area (Å²) in [7, 11) is 1.49. The number of hydrogen-bond acceptors (Lipinski definition) is 7. The summed E-state index contributed by atoms with van der Waals surface area (Å²) in [4.78, 5) is 35.3. The number of carbonyl (C=O) groups excluding carboxylic acids is 2. The van der Waals surface area contributed by atoms with Crippen LogP contribution in [0, 0.1) is 0 Å². The summed E-state index contributed by atoms with van der Waals surface area (Å²) in [6, 6.07) is 0. The molecule has 0 aromatic carbocycles. The second-order valence-corrected chi connectivity index (χ2v) is 17.9. The Balaban J connectivity index is 4.24. The zero-order valence-corrected chi connectivity index (χ0v) is 36.4. The number of quaternary nitrogens is 1. The van der Waals surface area contributed by atoms with Crippen LogP contribution >= 0.6 is 7.82 Å². The van der Waals surface area contributed by atoms with Crippen LogP contribution in [0.4, 0.5) is 0 Å². The predicted molar refractivity (Wildman–Crippen MR) is 220 cm³/mol. The van der Waals surface area contributed by atoms with Gasteiger partial charge in [-0.1, -0.05) is 187 Å². The van der Waals surface area contributed by atoms with E-state index in [4.69, 9.17) is 18.5 Å². The highest BCUT2D eigenvalue weighted by molar-refractivity contribution is 7.47. The number of hydrogen-bond donors (Lipinski definition) is 1. The number of rotatable bonds is 41. The van der Waals surface area contributed by atoms with Crippen LogP contribution in [-0.4, -0.2) is 74.9 Å². The minimum atomic E-state index is -4.36. The zero-order valence-electron chi connectivity index (χ0n) is 35.5. The number of nitrogens with zero attached hydrogens (tertiary/aromatic N) is 1. The average molecular weight is 777 g/mol. The van der Waals surface area contributed by atoms with Crippen molar-refractivity contribution in [2.45, 2.75) is 219 Å². The lowest BCUT2D eigenvalue weighted by Crippen LogP contribution is -2.37. The van der Waals surface area contributed by atoms with Crippen LogP contribution in [0.2, 0.25) is 0 Å². The second kappa shape index (κ2) is 36.6. The average Bonchev–Trinajstić information content (AvgIpc) is 3.10. The Labute approximate surface area is 327 Å². The van der Waals surface area contributed by atoms with E-state index in [-0.39, 0.29) is 25.6 Å². The van der Waals surface area contributed by atoms with Gasteiger partial charge in [-0.2, -0.15) is 0 Å². The maximum Gasteiger partial charge on any atom is 0.472 e. The maximum atomic E-state index is 12.7. The van der Waals surface area contributed by atoms with Gasteiger partial charge in [-0.15, -0.1) is 0 Å². The van der Waals surface area contributed by atoms with E-state index < -0.39 is 26.5 Å². The van der Waals surface area contributed by atoms with Gasteiger partial charge in [0.1, 0.15) is 19.8 Å². The van der Waals surface area contributed by atoms with E-state index in [0.717, 1.165) is 38.5 Å². The van der Waals surface area contributed by atoms with Crippen molar-refractivity contribution in [2.75, 3.05) is 47.5 Å². The maximum absolute atomic E-state index is 12.7. The van der Waals surface area contributed by atoms with Gasteiger partial charge in [0, 0.05) is 12.8 Å². The van der Waals surface area contributed by atoms with Gasteiger partial charge >= 0.3 is 19.8 Å². The Bertz CT molecular complexity index is 881. The molecular formula is C43H87NO8P+. The predicted octanol–water partition coefficient (Wildman–Crippen LogP) is 12.4. The summed E-state index contributed by atoms with van der Waals surface area (Å²) < 4.78 is 34.3. The lowest BCUT2D eigenvalue weighted by atomic mass is 10.0. The van der Waals surface area contributed by atoms with Crippen LogP contribution in [0.5, 0.6) is 0 Å². The Morgan fingerprint density at radius 1 is 0.509 bits per heavy atom. The number of unbranched alkanes of at least 4 members (excludes halogenated alkanes) is 27. The van der Waals surface area contributed by atoms with Gasteiger partial charge < -0.3 is 18.9 Å². The van der Waals surface area contributed by atoms with Crippen LogP contribution in [0.25, 0.3) is 0 Å². The van der Waals surface area contributed by atoms with Crippen molar-refractivity contribution in [1.82, 2.24) is 0 Å². The molecule has 0 aliphatic rings. The third kappa shape index (κ3) is 40.5. The lowest BCUT2D eigenvalue weighted by Gasteiger charge is -2.24. The first-order valence-corrected chi connectivity index (χ1v) is 23.8. The van der Waals surface area contributed by atoms with E-state index in [1.165, 1.54) is 148 Å². The van der Waals surface area contributed by atoms with E-state index in [9.17, 15) is 19.0 Å². The Morgan fingerprint density at radius 3 is 1.21 bits per heavy atom. The number of likely N-dealkylation sites (N-methyl/N-ethyl adjacent to an activating group) is 1. The molecule has 0 aliphatic carbocycles. The molecule has 0 saturated heterocycles. The monoisotopic (exact) mass is 777 g/mol. The Kier molecular flexibility index (Phi) is 36.0. The molecule has 53 heavy (non-hydrogen) atoms. The molecule has 316 valence electrons. The largest absolute Gasteiger partial charge is 0.472 e. The highest BCUT2D eigenvalue weighted by Gasteiger charge is 2.27. The van der Waals surface area contributed by atoms with Crippen LogP contribution in [-0.2, 0) is 32.7 Å². The van der Waals surface area contributed by atoms with E-state index in [0.29, 0.717) is 17.4 Å². The fourth-order valence-corrected chi connectivity index (χ4v) is 7.11. The number of ether oxygens (including phenoxy) is 2. The molecule has 0 spiro atoms. The minimum absolute atomic E-state index is 0.0367. The first-order valence-electron chi connectivity index (χ1n) is 22.3. The molecule has 0 saturated carbocycles. The molecule has 0 amide bonds. The van der Waals surface area contributed by atoms with Gasteiger partial charge in [0.2, 0.25) is 0 Å². The molecule has 0 radical (unpaired) electrons. The molecule has 9 nitrogen and oxygen atoms in total. The van der Waals surface area contributed by atoms with Crippen molar-refractivity contribution >= 4 is 19.8 Å². The van der Waals surface area contributed by atoms with Gasteiger partial charge in [0.05, 0.1) is 27.7 Å². The molecule has 10 heteroatoms. The number of phosphoric acid groups is 1. The summed E-state index contributed by atoms with van der Waals surface area (Å²) in [6.07, 6.45) is 35.8. The second-order valence-electron chi connectivity index (χ2n) is 16.5. The topological polar surface area (TPSA) is 108 Å². The molecule has 0 heterocycles. The molecule has 1 unspecified atom stereocenters. The first kappa shape index (κ1) is 52.0. The van der Waals surface area contributed by atoms with Crippen LogP contribution in [0.15, 0.2) is 0 Å². The minimum Gasteiger partial charge on any atom is -0.462 e. The smallest absolute Gasteiger partial charge is 0.462 e. The zero-order chi connectivity index (χ0) is 39.3. The third-order valence-electron chi connectivity index (χ3n) is 9.89. The highest BCUT2D eigenvalue weighted by Crippen LogP contribution is 2.43. The molecule has 0 aromatic rings. The Morgan fingerprint density at radius 2 is 0.849 bits per heavy atom. The van der Waals surface area contributed by atoms with Crippen LogP contribution < -0.4 is 0 Å². The fraction of sp³-hybridized carbons (Fsp3) is 0.953. The quantitative estimate of drug-likeness (QED) is 0.0283. The van der Waals surface area contributed by atoms with Crippen molar-refractivity contribution in [2.24, 2.45) is 0 Å². The molecule has 0 fully saturated rings. The lowest BCUT2D eigenvalue weighted by molar-refractivity contribution is -0.870. The number of phosphoric ester groups is 1. The van der Waals surface area contributed by atoms with E-state index in [1.54, 1.807) is 0 Å². The van der Waals surface area contributed by atoms with Gasteiger partial charge in [0.15, 0.2) is 6.10 Å². The van der Waals surface area contributed by atoms with E-state index in [2.05, 4.69) is 13.8 Å². The van der Waals surface area contributed by atoms with Crippen molar-refractivity contribution in [3.63, 3.8) is 0 Å². The van der Waals surface area contributed by atoms with Crippen molar-refractivity contribution in [3.8, 4) is 0 Å². The molecule has 0 aliphatic heterocycles. The van der Waals surface area contributed by atoms with Crippen LogP contribution in [0.1, 0.15) is 213 Å². The third-order valence-corrected chi connectivity index (χ3v) is 10.9. The summed E-state index contributed by atoms with van der Waals surface area (Å²) in [5.74, 6) is -0.786. The van der Waals surface area contributed by atoms with E-state index in [1.807, 2.05) is 21.1 Å². The first-order chi connectivity index (χ1) is 25.5.